The Hall–Kier alpha value is -1.84. The average molecular weight is 260 g/mol. The summed E-state index contributed by atoms with van der Waals surface area (Å²) in [5.74, 6) is 0.296. The van der Waals surface area contributed by atoms with Crippen LogP contribution in [0.1, 0.15) is 43.9 Å². The lowest BCUT2D eigenvalue weighted by Gasteiger charge is -2.34. The molecule has 0 saturated carbocycles. The zero-order valence-electron chi connectivity index (χ0n) is 11.6. The highest BCUT2D eigenvalue weighted by molar-refractivity contribution is 5.89. The van der Waals surface area contributed by atoms with E-state index in [1.165, 1.54) is 12.5 Å². The van der Waals surface area contributed by atoms with Crippen LogP contribution in [0.15, 0.2) is 24.3 Å². The van der Waals surface area contributed by atoms with Crippen molar-refractivity contribution < 1.29 is 9.59 Å². The van der Waals surface area contributed by atoms with Gasteiger partial charge in [0, 0.05) is 20.0 Å². The first-order valence-corrected chi connectivity index (χ1v) is 6.65. The molecule has 1 aromatic rings. The molecule has 0 spiro atoms. The number of benzene rings is 1. The number of carbonyl (C=O) groups is 2. The quantitative estimate of drug-likeness (QED) is 0.882. The highest BCUT2D eigenvalue weighted by Gasteiger charge is 2.32. The Labute approximate surface area is 113 Å². The Morgan fingerprint density at radius 3 is 2.47 bits per heavy atom. The van der Waals surface area contributed by atoms with Crippen LogP contribution >= 0.6 is 0 Å². The molecule has 1 aromatic carbocycles. The molecule has 2 amide bonds. The summed E-state index contributed by atoms with van der Waals surface area (Å²) < 4.78 is 0. The zero-order valence-corrected chi connectivity index (χ0v) is 11.6. The Bertz CT molecular complexity index is 479. The van der Waals surface area contributed by atoms with Gasteiger partial charge in [0.1, 0.15) is 6.04 Å². The fourth-order valence-electron chi connectivity index (χ4n) is 2.40. The number of amides is 2. The van der Waals surface area contributed by atoms with Gasteiger partial charge >= 0.3 is 0 Å². The molecule has 0 radical (unpaired) electrons. The van der Waals surface area contributed by atoms with Crippen molar-refractivity contribution >= 4 is 11.8 Å². The van der Waals surface area contributed by atoms with Crippen molar-refractivity contribution in [2.45, 2.75) is 32.7 Å². The van der Waals surface area contributed by atoms with E-state index >= 15 is 0 Å². The summed E-state index contributed by atoms with van der Waals surface area (Å²) in [6.45, 7) is 6.86. The van der Waals surface area contributed by atoms with E-state index in [0.717, 1.165) is 5.56 Å². The lowest BCUT2D eigenvalue weighted by atomic mass is 9.97. The molecule has 1 aliphatic heterocycles. The normalized spacial score (nSPS) is 19.5. The van der Waals surface area contributed by atoms with Crippen LogP contribution in [0.2, 0.25) is 0 Å². The average Bonchev–Trinajstić information content (AvgIpc) is 2.38. The summed E-state index contributed by atoms with van der Waals surface area (Å²) in [6, 6.07) is 7.45. The molecular formula is C15H20N2O2. The van der Waals surface area contributed by atoms with Crippen LogP contribution in [0.3, 0.4) is 0 Å². The molecule has 4 heteroatoms. The molecule has 0 aliphatic carbocycles. The van der Waals surface area contributed by atoms with Gasteiger partial charge in [-0.25, -0.2) is 0 Å². The minimum atomic E-state index is -0.493. The van der Waals surface area contributed by atoms with Crippen molar-refractivity contribution in [2.75, 3.05) is 13.1 Å². The SMILES string of the molecule is CC(=O)N1CCNC(=O)C1c1ccc(C(C)C)cc1. The van der Waals surface area contributed by atoms with E-state index < -0.39 is 6.04 Å². The summed E-state index contributed by atoms with van der Waals surface area (Å²) in [5.41, 5.74) is 2.10. The summed E-state index contributed by atoms with van der Waals surface area (Å²) in [4.78, 5) is 25.3. The number of piperazine rings is 1. The standard InChI is InChI=1S/C15H20N2O2/c1-10(2)12-4-6-13(7-5-12)14-15(19)16-8-9-17(14)11(3)18/h4-7,10,14H,8-9H2,1-3H3,(H,16,19). The highest BCUT2D eigenvalue weighted by atomic mass is 16.2. The van der Waals surface area contributed by atoms with Gasteiger partial charge in [0.15, 0.2) is 0 Å². The van der Waals surface area contributed by atoms with Crippen molar-refractivity contribution in [3.63, 3.8) is 0 Å². The molecule has 1 aliphatic rings. The molecule has 2 rings (SSSR count). The van der Waals surface area contributed by atoms with E-state index in [4.69, 9.17) is 0 Å². The van der Waals surface area contributed by atoms with Gasteiger partial charge < -0.3 is 10.2 Å². The first kappa shape index (κ1) is 13.6. The Morgan fingerprint density at radius 1 is 1.32 bits per heavy atom. The molecule has 1 unspecified atom stereocenters. The Balaban J connectivity index is 2.30. The van der Waals surface area contributed by atoms with Crippen molar-refractivity contribution in [1.29, 1.82) is 0 Å². The van der Waals surface area contributed by atoms with Crippen LogP contribution in [0.5, 0.6) is 0 Å². The fraction of sp³-hybridized carbons (Fsp3) is 0.467. The van der Waals surface area contributed by atoms with E-state index in [0.29, 0.717) is 19.0 Å². The Morgan fingerprint density at radius 2 is 1.95 bits per heavy atom. The van der Waals surface area contributed by atoms with Gasteiger partial charge in [0.05, 0.1) is 0 Å². The second-order valence-corrected chi connectivity index (χ2v) is 5.23. The van der Waals surface area contributed by atoms with E-state index in [9.17, 15) is 9.59 Å². The predicted molar refractivity (Wildman–Crippen MR) is 73.7 cm³/mol. The van der Waals surface area contributed by atoms with Gasteiger partial charge in [-0.2, -0.15) is 0 Å². The molecule has 0 bridgehead atoms. The maximum absolute atomic E-state index is 12.0. The summed E-state index contributed by atoms with van der Waals surface area (Å²) in [6.07, 6.45) is 0. The van der Waals surface area contributed by atoms with Crippen LogP contribution < -0.4 is 5.32 Å². The molecule has 102 valence electrons. The lowest BCUT2D eigenvalue weighted by Crippen LogP contribution is -2.51. The topological polar surface area (TPSA) is 49.4 Å². The third-order valence-corrected chi connectivity index (χ3v) is 3.54. The zero-order chi connectivity index (χ0) is 14.0. The maximum atomic E-state index is 12.0. The molecule has 1 saturated heterocycles. The summed E-state index contributed by atoms with van der Waals surface area (Å²) >= 11 is 0. The molecule has 19 heavy (non-hydrogen) atoms. The van der Waals surface area contributed by atoms with Crippen molar-refractivity contribution in [3.8, 4) is 0 Å². The molecule has 4 nitrogen and oxygen atoms in total. The van der Waals surface area contributed by atoms with Crippen LogP contribution in [-0.4, -0.2) is 29.8 Å². The molecule has 1 N–H and O–H groups in total. The van der Waals surface area contributed by atoms with Crippen molar-refractivity contribution in [1.82, 2.24) is 10.2 Å². The van der Waals surface area contributed by atoms with E-state index in [1.807, 2.05) is 24.3 Å². The minimum Gasteiger partial charge on any atom is -0.352 e. The van der Waals surface area contributed by atoms with E-state index in [2.05, 4.69) is 19.2 Å². The number of nitrogens with one attached hydrogen (secondary N) is 1. The summed E-state index contributed by atoms with van der Waals surface area (Å²) in [5, 5.41) is 2.82. The molecule has 0 aromatic heterocycles. The van der Waals surface area contributed by atoms with E-state index in [1.54, 1.807) is 4.90 Å². The highest BCUT2D eigenvalue weighted by Crippen LogP contribution is 2.25. The predicted octanol–water partition coefficient (Wildman–Crippen LogP) is 1.83. The molecule has 1 heterocycles. The van der Waals surface area contributed by atoms with Crippen LogP contribution in [0, 0.1) is 0 Å². The number of rotatable bonds is 2. The number of nitrogens with zero attached hydrogens (tertiary/aromatic N) is 1. The first-order chi connectivity index (χ1) is 9.00. The fourth-order valence-corrected chi connectivity index (χ4v) is 2.40. The third kappa shape index (κ3) is 2.78. The second kappa shape index (κ2) is 5.43. The van der Waals surface area contributed by atoms with E-state index in [-0.39, 0.29) is 11.8 Å². The third-order valence-electron chi connectivity index (χ3n) is 3.54. The van der Waals surface area contributed by atoms with Crippen LogP contribution in [0.25, 0.3) is 0 Å². The Kier molecular flexibility index (Phi) is 3.88. The van der Waals surface area contributed by atoms with Crippen LogP contribution in [0.4, 0.5) is 0 Å². The van der Waals surface area contributed by atoms with Crippen molar-refractivity contribution in [3.05, 3.63) is 35.4 Å². The number of carbonyl (C=O) groups excluding carboxylic acids is 2. The minimum absolute atomic E-state index is 0.0622. The largest absolute Gasteiger partial charge is 0.352 e. The smallest absolute Gasteiger partial charge is 0.247 e. The molecule has 1 atom stereocenters. The van der Waals surface area contributed by atoms with Gasteiger partial charge in [-0.1, -0.05) is 38.1 Å². The molecular weight excluding hydrogens is 240 g/mol. The van der Waals surface area contributed by atoms with Crippen molar-refractivity contribution in [2.24, 2.45) is 0 Å². The van der Waals surface area contributed by atoms with Gasteiger partial charge in [-0.3, -0.25) is 9.59 Å². The van der Waals surface area contributed by atoms with Gasteiger partial charge in [0.25, 0.3) is 0 Å². The summed E-state index contributed by atoms with van der Waals surface area (Å²) in [7, 11) is 0. The first-order valence-electron chi connectivity index (χ1n) is 6.65. The molecule has 1 fully saturated rings. The monoisotopic (exact) mass is 260 g/mol. The number of hydrogen-bond acceptors (Lipinski definition) is 2. The van der Waals surface area contributed by atoms with Gasteiger partial charge in [-0.05, 0) is 17.0 Å². The van der Waals surface area contributed by atoms with Gasteiger partial charge in [-0.15, -0.1) is 0 Å². The van der Waals surface area contributed by atoms with Gasteiger partial charge in [0.2, 0.25) is 11.8 Å². The van der Waals surface area contributed by atoms with Crippen LogP contribution in [-0.2, 0) is 9.59 Å². The number of hydrogen-bond donors (Lipinski definition) is 1. The second-order valence-electron chi connectivity index (χ2n) is 5.23. The maximum Gasteiger partial charge on any atom is 0.247 e. The lowest BCUT2D eigenvalue weighted by molar-refractivity contribution is -0.142.